The summed E-state index contributed by atoms with van der Waals surface area (Å²) in [6, 6.07) is 10.1. The molecule has 23 heavy (non-hydrogen) atoms. The number of phenols is 1. The topological polar surface area (TPSA) is 83.0 Å². The number of nitrogens with zero attached hydrogens (tertiary/aromatic N) is 3. The highest BCUT2D eigenvalue weighted by atomic mass is 19.1. The van der Waals surface area contributed by atoms with Gasteiger partial charge in [-0.15, -0.1) is 0 Å². The van der Waals surface area contributed by atoms with Crippen LogP contribution in [-0.4, -0.2) is 20.1 Å². The molecule has 0 radical (unpaired) electrons. The summed E-state index contributed by atoms with van der Waals surface area (Å²) in [5, 5.41) is 15.2. The smallest absolute Gasteiger partial charge is 0.229 e. The number of halogens is 1. The van der Waals surface area contributed by atoms with Gasteiger partial charge in [0.05, 0.1) is 6.20 Å². The van der Waals surface area contributed by atoms with E-state index in [9.17, 15) is 9.50 Å². The van der Waals surface area contributed by atoms with Gasteiger partial charge in [0.15, 0.2) is 11.6 Å². The number of pyridine rings is 1. The molecule has 116 valence electrons. The second-order valence-electron chi connectivity index (χ2n) is 4.91. The molecule has 0 bridgehead atoms. The van der Waals surface area contributed by atoms with E-state index in [1.807, 2.05) is 13.0 Å². The van der Waals surface area contributed by atoms with Crippen molar-refractivity contribution in [1.82, 2.24) is 15.0 Å². The minimum Gasteiger partial charge on any atom is -0.508 e. The molecule has 6 nitrogen and oxygen atoms in total. The van der Waals surface area contributed by atoms with E-state index < -0.39 is 5.82 Å². The van der Waals surface area contributed by atoms with Gasteiger partial charge in [0.2, 0.25) is 5.95 Å². The Morgan fingerprint density at radius 3 is 2.65 bits per heavy atom. The van der Waals surface area contributed by atoms with E-state index in [1.54, 1.807) is 30.5 Å². The first-order chi connectivity index (χ1) is 11.1. The van der Waals surface area contributed by atoms with Crippen molar-refractivity contribution < 1.29 is 9.50 Å². The Bertz CT molecular complexity index is 823. The van der Waals surface area contributed by atoms with Crippen molar-refractivity contribution in [2.24, 2.45) is 0 Å². The van der Waals surface area contributed by atoms with Crippen LogP contribution in [0.25, 0.3) is 0 Å². The molecule has 0 amide bonds. The number of phenolic OH excluding ortho intramolecular Hbond substituents is 1. The van der Waals surface area contributed by atoms with Crippen LogP contribution in [0.2, 0.25) is 0 Å². The summed E-state index contributed by atoms with van der Waals surface area (Å²) in [5.74, 6) is 0.218. The summed E-state index contributed by atoms with van der Waals surface area (Å²) in [5.41, 5.74) is 1.60. The van der Waals surface area contributed by atoms with E-state index >= 15 is 0 Å². The molecule has 0 aliphatic heterocycles. The van der Waals surface area contributed by atoms with Gasteiger partial charge in [0.1, 0.15) is 11.6 Å². The molecule has 0 atom stereocenters. The highest BCUT2D eigenvalue weighted by molar-refractivity contribution is 5.59. The van der Waals surface area contributed by atoms with Crippen LogP contribution in [-0.2, 0) is 0 Å². The largest absolute Gasteiger partial charge is 0.508 e. The lowest BCUT2D eigenvalue weighted by Gasteiger charge is -2.09. The van der Waals surface area contributed by atoms with E-state index in [0.717, 1.165) is 11.8 Å². The molecule has 2 aromatic heterocycles. The number of hydrogen-bond donors (Lipinski definition) is 3. The van der Waals surface area contributed by atoms with Crippen LogP contribution >= 0.6 is 0 Å². The minimum atomic E-state index is -0.589. The van der Waals surface area contributed by atoms with Gasteiger partial charge >= 0.3 is 0 Å². The zero-order valence-corrected chi connectivity index (χ0v) is 12.3. The number of aromatic nitrogens is 3. The third-order valence-electron chi connectivity index (χ3n) is 3.00. The Balaban J connectivity index is 1.82. The molecule has 0 saturated heterocycles. The molecule has 3 aromatic rings. The quantitative estimate of drug-likeness (QED) is 0.684. The molecule has 0 aliphatic rings. The molecule has 0 spiro atoms. The van der Waals surface area contributed by atoms with Gasteiger partial charge < -0.3 is 15.7 Å². The van der Waals surface area contributed by atoms with E-state index in [0.29, 0.717) is 11.5 Å². The SMILES string of the molecule is Cc1ccc(Nc2nc(Nc3cccc(O)c3)ncc2F)nc1. The summed E-state index contributed by atoms with van der Waals surface area (Å²) >= 11 is 0. The molecule has 7 heteroatoms. The Kier molecular flexibility index (Phi) is 4.01. The number of benzene rings is 1. The van der Waals surface area contributed by atoms with Gasteiger partial charge in [-0.3, -0.25) is 0 Å². The van der Waals surface area contributed by atoms with Crippen molar-refractivity contribution in [3.63, 3.8) is 0 Å². The van der Waals surface area contributed by atoms with Crippen molar-refractivity contribution in [3.05, 3.63) is 60.2 Å². The molecular formula is C16H14FN5O. The third kappa shape index (κ3) is 3.70. The maximum atomic E-state index is 13.9. The number of nitrogens with one attached hydrogen (secondary N) is 2. The fourth-order valence-electron chi connectivity index (χ4n) is 1.89. The second kappa shape index (κ2) is 6.27. The highest BCUT2D eigenvalue weighted by Crippen LogP contribution is 2.21. The molecule has 1 aromatic carbocycles. The van der Waals surface area contributed by atoms with E-state index in [-0.39, 0.29) is 17.5 Å². The second-order valence-corrected chi connectivity index (χ2v) is 4.91. The van der Waals surface area contributed by atoms with Crippen molar-refractivity contribution in [2.45, 2.75) is 6.92 Å². The van der Waals surface area contributed by atoms with Crippen molar-refractivity contribution >= 4 is 23.3 Å². The van der Waals surface area contributed by atoms with Gasteiger partial charge in [0.25, 0.3) is 0 Å². The fourth-order valence-corrected chi connectivity index (χ4v) is 1.89. The number of hydrogen-bond acceptors (Lipinski definition) is 6. The molecular weight excluding hydrogens is 297 g/mol. The summed E-state index contributed by atoms with van der Waals surface area (Å²) < 4.78 is 13.9. The van der Waals surface area contributed by atoms with E-state index in [1.165, 1.54) is 6.07 Å². The van der Waals surface area contributed by atoms with Gasteiger partial charge in [0, 0.05) is 18.0 Å². The summed E-state index contributed by atoms with van der Waals surface area (Å²) in [6.45, 7) is 1.92. The first-order valence-electron chi connectivity index (χ1n) is 6.88. The first kappa shape index (κ1) is 14.7. The average Bonchev–Trinajstić information content (AvgIpc) is 2.53. The predicted molar refractivity (Wildman–Crippen MR) is 85.6 cm³/mol. The van der Waals surface area contributed by atoms with Gasteiger partial charge in [-0.2, -0.15) is 4.98 Å². The molecule has 0 saturated carbocycles. The molecule has 0 aliphatic carbocycles. The maximum absolute atomic E-state index is 13.9. The lowest BCUT2D eigenvalue weighted by atomic mass is 10.3. The van der Waals surface area contributed by atoms with E-state index in [2.05, 4.69) is 25.6 Å². The Morgan fingerprint density at radius 1 is 1.04 bits per heavy atom. The molecule has 0 unspecified atom stereocenters. The molecule has 2 heterocycles. The Hall–Kier alpha value is -3.22. The lowest BCUT2D eigenvalue weighted by molar-refractivity contribution is 0.475. The van der Waals surface area contributed by atoms with Crippen LogP contribution in [0.5, 0.6) is 5.75 Å². The van der Waals surface area contributed by atoms with Crippen LogP contribution in [0, 0.1) is 12.7 Å². The van der Waals surface area contributed by atoms with E-state index in [4.69, 9.17) is 0 Å². The van der Waals surface area contributed by atoms with Crippen LogP contribution in [0.15, 0.2) is 48.8 Å². The van der Waals surface area contributed by atoms with Gasteiger partial charge in [-0.05, 0) is 30.7 Å². The van der Waals surface area contributed by atoms with Crippen molar-refractivity contribution in [2.75, 3.05) is 10.6 Å². The standard InChI is InChI=1S/C16H14FN5O/c1-10-5-6-14(18-8-10)21-15-13(17)9-19-16(22-15)20-11-3-2-4-12(23)7-11/h2-9,23H,1H3,(H2,18,19,20,21,22). The van der Waals surface area contributed by atoms with Crippen molar-refractivity contribution in [1.29, 1.82) is 0 Å². The fraction of sp³-hybridized carbons (Fsp3) is 0.0625. The minimum absolute atomic E-state index is 0.0130. The summed E-state index contributed by atoms with van der Waals surface area (Å²) in [6.07, 6.45) is 2.74. The summed E-state index contributed by atoms with van der Waals surface area (Å²) in [7, 11) is 0. The summed E-state index contributed by atoms with van der Waals surface area (Å²) in [4.78, 5) is 12.1. The predicted octanol–water partition coefficient (Wildman–Crippen LogP) is 3.51. The van der Waals surface area contributed by atoms with Crippen LogP contribution in [0.4, 0.5) is 27.7 Å². The normalized spacial score (nSPS) is 10.3. The third-order valence-corrected chi connectivity index (χ3v) is 3.00. The van der Waals surface area contributed by atoms with Crippen LogP contribution < -0.4 is 10.6 Å². The number of anilines is 4. The first-order valence-corrected chi connectivity index (χ1v) is 6.88. The Labute approximate surface area is 132 Å². The molecule has 0 fully saturated rings. The van der Waals surface area contributed by atoms with Gasteiger partial charge in [-0.1, -0.05) is 12.1 Å². The Morgan fingerprint density at radius 2 is 1.91 bits per heavy atom. The van der Waals surface area contributed by atoms with Gasteiger partial charge in [-0.25, -0.2) is 14.4 Å². The number of aromatic hydroxyl groups is 1. The zero-order valence-electron chi connectivity index (χ0n) is 12.3. The molecule has 3 rings (SSSR count). The lowest BCUT2D eigenvalue weighted by Crippen LogP contribution is -2.04. The monoisotopic (exact) mass is 311 g/mol. The van der Waals surface area contributed by atoms with Crippen LogP contribution in [0.3, 0.4) is 0 Å². The maximum Gasteiger partial charge on any atom is 0.229 e. The number of rotatable bonds is 4. The van der Waals surface area contributed by atoms with Crippen molar-refractivity contribution in [3.8, 4) is 5.75 Å². The zero-order chi connectivity index (χ0) is 16.2. The van der Waals surface area contributed by atoms with Crippen LogP contribution in [0.1, 0.15) is 5.56 Å². The molecule has 3 N–H and O–H groups in total. The number of aryl methyl sites for hydroxylation is 1. The average molecular weight is 311 g/mol. The highest BCUT2D eigenvalue weighted by Gasteiger charge is 2.08.